The Hall–Kier alpha value is -2.15. The van der Waals surface area contributed by atoms with Crippen LogP contribution in [0.4, 0.5) is 22.0 Å². The van der Waals surface area contributed by atoms with Gasteiger partial charge in [0.05, 0.1) is 5.02 Å². The van der Waals surface area contributed by atoms with Crippen LogP contribution < -0.4 is 0 Å². The van der Waals surface area contributed by atoms with Crippen LogP contribution in [0, 0.1) is 0 Å². The van der Waals surface area contributed by atoms with Crippen LogP contribution in [0.25, 0.3) is 22.2 Å². The van der Waals surface area contributed by atoms with Crippen LogP contribution in [-0.2, 0) is 5.92 Å². The fraction of sp³-hybridized carbons (Fsp3) is 0.133. The van der Waals surface area contributed by atoms with E-state index in [-0.39, 0.29) is 5.56 Å². The molecule has 0 fully saturated rings. The third-order valence-electron chi connectivity index (χ3n) is 3.27. The Bertz CT molecular complexity index is 872. The smallest absolute Gasteiger partial charge is 0.458 e. The molecule has 120 valence electrons. The highest BCUT2D eigenvalue weighted by Crippen LogP contribution is 2.44. The minimum Gasteiger partial charge on any atom is -0.462 e. The Morgan fingerprint density at radius 2 is 1.78 bits per heavy atom. The van der Waals surface area contributed by atoms with Crippen LogP contribution in [0.1, 0.15) is 5.56 Å². The summed E-state index contributed by atoms with van der Waals surface area (Å²) in [5.41, 5.74) is -0.0790. The minimum atomic E-state index is -5.67. The molecule has 23 heavy (non-hydrogen) atoms. The first-order valence-electron chi connectivity index (χ1n) is 6.28. The van der Waals surface area contributed by atoms with Crippen molar-refractivity contribution < 1.29 is 26.4 Å². The van der Waals surface area contributed by atoms with Gasteiger partial charge in [0.2, 0.25) is 0 Å². The highest BCUT2D eigenvalue weighted by Gasteiger charge is 2.58. The average Bonchev–Trinajstić information content (AvgIpc) is 2.89. The molecule has 0 amide bonds. The number of hydrogen-bond acceptors (Lipinski definition) is 2. The number of alkyl halides is 5. The molecular formula is C15H7ClF5NO. The van der Waals surface area contributed by atoms with Gasteiger partial charge in [-0.1, -0.05) is 29.8 Å². The molecule has 2 heterocycles. The Kier molecular flexibility index (Phi) is 3.55. The third-order valence-corrected chi connectivity index (χ3v) is 3.48. The Morgan fingerprint density at radius 1 is 1.04 bits per heavy atom. The fourth-order valence-electron chi connectivity index (χ4n) is 2.14. The molecule has 0 atom stereocenters. The number of rotatable bonds is 2. The Balaban J connectivity index is 2.13. The van der Waals surface area contributed by atoms with Gasteiger partial charge < -0.3 is 4.42 Å². The summed E-state index contributed by atoms with van der Waals surface area (Å²) in [4.78, 5) is 4.02. The molecule has 0 bridgehead atoms. The largest absolute Gasteiger partial charge is 0.462 e. The van der Waals surface area contributed by atoms with Crippen LogP contribution in [0.2, 0.25) is 5.02 Å². The van der Waals surface area contributed by atoms with Crippen molar-refractivity contribution in [3.63, 3.8) is 0 Å². The lowest BCUT2D eigenvalue weighted by Crippen LogP contribution is -2.33. The van der Waals surface area contributed by atoms with E-state index in [1.807, 2.05) is 0 Å². The number of benzene rings is 1. The molecule has 1 aromatic carbocycles. The van der Waals surface area contributed by atoms with Crippen molar-refractivity contribution >= 4 is 22.7 Å². The summed E-state index contributed by atoms with van der Waals surface area (Å²) in [7, 11) is 0. The van der Waals surface area contributed by atoms with E-state index in [4.69, 9.17) is 16.0 Å². The third kappa shape index (κ3) is 2.65. The predicted octanol–water partition coefficient (Wildman–Crippen LogP) is 5.80. The molecule has 2 nitrogen and oxygen atoms in total. The van der Waals surface area contributed by atoms with Crippen molar-refractivity contribution in [1.82, 2.24) is 4.98 Å². The SMILES string of the molecule is FC(F)(F)C(F)(F)c1cccc(-c2coc3cc(Cl)cnc23)c1. The maximum Gasteiger partial charge on any atom is 0.458 e. The van der Waals surface area contributed by atoms with E-state index >= 15 is 0 Å². The van der Waals surface area contributed by atoms with Crippen LogP contribution in [-0.4, -0.2) is 11.2 Å². The van der Waals surface area contributed by atoms with Gasteiger partial charge in [-0.3, -0.25) is 4.98 Å². The monoisotopic (exact) mass is 347 g/mol. The summed E-state index contributed by atoms with van der Waals surface area (Å²) in [6.45, 7) is 0. The van der Waals surface area contributed by atoms with E-state index in [1.165, 1.54) is 24.6 Å². The molecule has 0 N–H and O–H groups in total. The van der Waals surface area contributed by atoms with Crippen molar-refractivity contribution in [2.75, 3.05) is 0 Å². The van der Waals surface area contributed by atoms with E-state index in [0.717, 1.165) is 18.2 Å². The topological polar surface area (TPSA) is 26.0 Å². The second-order valence-electron chi connectivity index (χ2n) is 4.80. The number of hydrogen-bond donors (Lipinski definition) is 0. The van der Waals surface area contributed by atoms with Crippen LogP contribution in [0.3, 0.4) is 0 Å². The van der Waals surface area contributed by atoms with Crippen LogP contribution in [0.5, 0.6) is 0 Å². The van der Waals surface area contributed by atoms with E-state index < -0.39 is 17.7 Å². The van der Waals surface area contributed by atoms with Crippen molar-refractivity contribution in [3.8, 4) is 11.1 Å². The molecule has 0 radical (unpaired) electrons. The molecule has 8 heteroatoms. The Morgan fingerprint density at radius 3 is 2.48 bits per heavy atom. The summed E-state index contributed by atoms with van der Waals surface area (Å²) in [5, 5.41) is 0.316. The molecule has 3 aromatic rings. The van der Waals surface area contributed by atoms with Crippen LogP contribution >= 0.6 is 11.6 Å². The van der Waals surface area contributed by atoms with Gasteiger partial charge in [-0.15, -0.1) is 0 Å². The van der Waals surface area contributed by atoms with E-state index in [0.29, 0.717) is 21.7 Å². The molecule has 0 aliphatic carbocycles. The fourth-order valence-corrected chi connectivity index (χ4v) is 2.29. The first kappa shape index (κ1) is 15.7. The van der Waals surface area contributed by atoms with Crippen LogP contribution in [0.15, 0.2) is 47.2 Å². The second kappa shape index (κ2) is 5.19. The lowest BCUT2D eigenvalue weighted by molar-refractivity contribution is -0.289. The first-order valence-corrected chi connectivity index (χ1v) is 6.66. The molecular weight excluding hydrogens is 341 g/mol. The van der Waals surface area contributed by atoms with Gasteiger partial charge in [0.25, 0.3) is 0 Å². The molecule has 3 rings (SSSR count). The highest BCUT2D eigenvalue weighted by atomic mass is 35.5. The zero-order chi connectivity index (χ0) is 16.8. The summed E-state index contributed by atoms with van der Waals surface area (Å²) in [5.74, 6) is -4.95. The van der Waals surface area contributed by atoms with E-state index in [2.05, 4.69) is 4.98 Å². The quantitative estimate of drug-likeness (QED) is 0.547. The molecule has 2 aromatic heterocycles. The summed E-state index contributed by atoms with van der Waals surface area (Å²) >= 11 is 5.76. The van der Waals surface area contributed by atoms with Crippen molar-refractivity contribution in [2.45, 2.75) is 12.1 Å². The lowest BCUT2D eigenvalue weighted by Gasteiger charge is -2.20. The van der Waals surface area contributed by atoms with Gasteiger partial charge in [-0.05, 0) is 11.6 Å². The zero-order valence-corrected chi connectivity index (χ0v) is 11.9. The van der Waals surface area contributed by atoms with Gasteiger partial charge in [0, 0.05) is 23.4 Å². The molecule has 0 aliphatic rings. The molecule has 0 saturated carbocycles. The van der Waals surface area contributed by atoms with Gasteiger partial charge in [-0.25, -0.2) is 0 Å². The van der Waals surface area contributed by atoms with Crippen molar-refractivity contribution in [2.24, 2.45) is 0 Å². The first-order chi connectivity index (χ1) is 10.7. The maximum atomic E-state index is 13.5. The van der Waals surface area contributed by atoms with E-state index in [1.54, 1.807) is 0 Å². The highest BCUT2D eigenvalue weighted by molar-refractivity contribution is 6.31. The lowest BCUT2D eigenvalue weighted by atomic mass is 10.0. The van der Waals surface area contributed by atoms with Crippen molar-refractivity contribution in [3.05, 3.63) is 53.4 Å². The van der Waals surface area contributed by atoms with Gasteiger partial charge in [0.1, 0.15) is 11.8 Å². The summed E-state index contributed by atoms with van der Waals surface area (Å²) < 4.78 is 69.6. The summed E-state index contributed by atoms with van der Waals surface area (Å²) in [6.07, 6.45) is -3.11. The molecule has 0 spiro atoms. The summed E-state index contributed by atoms with van der Waals surface area (Å²) in [6, 6.07) is 5.49. The normalized spacial score (nSPS) is 12.8. The number of furan rings is 1. The number of pyridine rings is 1. The minimum absolute atomic E-state index is 0.139. The van der Waals surface area contributed by atoms with Gasteiger partial charge in [0.15, 0.2) is 5.58 Å². The van der Waals surface area contributed by atoms with Gasteiger partial charge >= 0.3 is 12.1 Å². The molecule has 0 saturated heterocycles. The number of nitrogens with zero attached hydrogens (tertiary/aromatic N) is 1. The Labute approximate surface area is 131 Å². The molecule has 0 aliphatic heterocycles. The van der Waals surface area contributed by atoms with E-state index in [9.17, 15) is 22.0 Å². The number of halogens is 6. The molecule has 0 unspecified atom stereocenters. The number of fused-ring (bicyclic) bond motifs is 1. The number of aromatic nitrogens is 1. The van der Waals surface area contributed by atoms with Gasteiger partial charge in [-0.2, -0.15) is 22.0 Å². The zero-order valence-electron chi connectivity index (χ0n) is 11.2. The standard InChI is InChI=1S/C15H7ClF5NO/c16-10-5-12-13(22-6-10)11(7-23-12)8-2-1-3-9(4-8)14(17,18)15(19,20)21/h1-7H. The maximum absolute atomic E-state index is 13.5. The average molecular weight is 348 g/mol. The predicted molar refractivity (Wildman–Crippen MR) is 74.4 cm³/mol. The second-order valence-corrected chi connectivity index (χ2v) is 5.24. The van der Waals surface area contributed by atoms with Crippen molar-refractivity contribution in [1.29, 1.82) is 0 Å².